The van der Waals surface area contributed by atoms with Crippen LogP contribution in [0.1, 0.15) is 40.9 Å². The second-order valence-corrected chi connectivity index (χ2v) is 8.62. The van der Waals surface area contributed by atoms with Gasteiger partial charge in [-0.1, -0.05) is 12.1 Å². The summed E-state index contributed by atoms with van der Waals surface area (Å²) < 4.78 is 14.2. The molecule has 0 aliphatic carbocycles. The van der Waals surface area contributed by atoms with E-state index in [4.69, 9.17) is 0 Å². The standard InChI is InChI=1S/C24H27FN4O2/c1-16-5-6-20(21(25)9-16)23(31)27-19-11-17(10-18(12-19)24(2,3)15-26)13-29-8-7-28(4)22(30)14-29/h5-6,9-12H,7-8,13-14H2,1-4H3,(H,27,31). The molecule has 0 atom stereocenters. The highest BCUT2D eigenvalue weighted by Crippen LogP contribution is 2.28. The second kappa shape index (κ2) is 8.86. The summed E-state index contributed by atoms with van der Waals surface area (Å²) in [4.78, 5) is 28.5. The van der Waals surface area contributed by atoms with Crippen molar-refractivity contribution in [2.75, 3.05) is 32.0 Å². The maximum atomic E-state index is 14.2. The van der Waals surface area contributed by atoms with Gasteiger partial charge in [0.25, 0.3) is 5.91 Å². The zero-order valence-electron chi connectivity index (χ0n) is 18.3. The van der Waals surface area contributed by atoms with Gasteiger partial charge in [0.15, 0.2) is 0 Å². The summed E-state index contributed by atoms with van der Waals surface area (Å²) in [6.45, 7) is 7.58. The van der Waals surface area contributed by atoms with Crippen LogP contribution in [-0.2, 0) is 16.8 Å². The SMILES string of the molecule is Cc1ccc(C(=O)Nc2cc(CN3CCN(C)C(=O)C3)cc(C(C)(C)C#N)c2)c(F)c1. The van der Waals surface area contributed by atoms with Crippen molar-refractivity contribution in [2.45, 2.75) is 32.7 Å². The molecule has 1 saturated heterocycles. The Hall–Kier alpha value is -3.24. The van der Waals surface area contributed by atoms with Crippen LogP contribution in [0.25, 0.3) is 0 Å². The zero-order valence-corrected chi connectivity index (χ0v) is 18.3. The molecule has 2 aromatic rings. The van der Waals surface area contributed by atoms with Gasteiger partial charge in [-0.3, -0.25) is 14.5 Å². The van der Waals surface area contributed by atoms with Gasteiger partial charge in [0.2, 0.25) is 5.91 Å². The van der Waals surface area contributed by atoms with Crippen LogP contribution in [0.2, 0.25) is 0 Å². The molecule has 0 aromatic heterocycles. The molecule has 1 aliphatic rings. The molecule has 1 fully saturated rings. The van der Waals surface area contributed by atoms with E-state index in [2.05, 4.69) is 11.4 Å². The van der Waals surface area contributed by atoms with Gasteiger partial charge in [-0.2, -0.15) is 5.26 Å². The summed E-state index contributed by atoms with van der Waals surface area (Å²) >= 11 is 0. The Morgan fingerprint density at radius 1 is 1.23 bits per heavy atom. The van der Waals surface area contributed by atoms with Crippen LogP contribution < -0.4 is 5.32 Å². The average Bonchev–Trinajstić information content (AvgIpc) is 2.70. The van der Waals surface area contributed by atoms with Gasteiger partial charge in [0.05, 0.1) is 23.6 Å². The Morgan fingerprint density at radius 3 is 2.61 bits per heavy atom. The average molecular weight is 423 g/mol. The topological polar surface area (TPSA) is 76.4 Å². The Kier molecular flexibility index (Phi) is 6.42. The molecular formula is C24H27FN4O2. The lowest BCUT2D eigenvalue weighted by Gasteiger charge is -2.32. The Morgan fingerprint density at radius 2 is 1.97 bits per heavy atom. The summed E-state index contributed by atoms with van der Waals surface area (Å²) in [7, 11) is 1.79. The van der Waals surface area contributed by atoms with Crippen LogP contribution >= 0.6 is 0 Å². The summed E-state index contributed by atoms with van der Waals surface area (Å²) in [5, 5.41) is 12.4. The molecule has 0 unspecified atom stereocenters. The highest BCUT2D eigenvalue weighted by Gasteiger charge is 2.24. The molecule has 7 heteroatoms. The van der Waals surface area contributed by atoms with Gasteiger partial charge in [-0.25, -0.2) is 4.39 Å². The lowest BCUT2D eigenvalue weighted by molar-refractivity contribution is -0.134. The van der Waals surface area contributed by atoms with E-state index in [-0.39, 0.29) is 11.5 Å². The fourth-order valence-electron chi connectivity index (χ4n) is 3.48. The lowest BCUT2D eigenvalue weighted by Crippen LogP contribution is -2.47. The van der Waals surface area contributed by atoms with Gasteiger partial charge >= 0.3 is 0 Å². The molecule has 0 radical (unpaired) electrons. The highest BCUT2D eigenvalue weighted by molar-refractivity contribution is 6.04. The maximum absolute atomic E-state index is 14.2. The number of carbonyl (C=O) groups excluding carboxylic acids is 2. The minimum Gasteiger partial charge on any atom is -0.343 e. The minimum absolute atomic E-state index is 0.0400. The van der Waals surface area contributed by atoms with Gasteiger partial charge in [-0.15, -0.1) is 0 Å². The summed E-state index contributed by atoms with van der Waals surface area (Å²) in [6.07, 6.45) is 0. The van der Waals surface area contributed by atoms with Crippen LogP contribution in [0.5, 0.6) is 0 Å². The molecule has 0 bridgehead atoms. The number of hydrogen-bond donors (Lipinski definition) is 1. The predicted molar refractivity (Wildman–Crippen MR) is 117 cm³/mol. The molecule has 1 aliphatic heterocycles. The molecule has 3 rings (SSSR count). The molecule has 1 N–H and O–H groups in total. The third-order valence-corrected chi connectivity index (χ3v) is 5.56. The number of nitriles is 1. The number of anilines is 1. The monoisotopic (exact) mass is 422 g/mol. The van der Waals surface area contributed by atoms with Crippen molar-refractivity contribution < 1.29 is 14.0 Å². The number of amides is 2. The molecule has 2 aromatic carbocycles. The first-order valence-corrected chi connectivity index (χ1v) is 10.2. The second-order valence-electron chi connectivity index (χ2n) is 8.62. The van der Waals surface area contributed by atoms with E-state index >= 15 is 0 Å². The number of halogens is 1. The quantitative estimate of drug-likeness (QED) is 0.801. The Bertz CT molecular complexity index is 1060. The molecular weight excluding hydrogens is 395 g/mol. The molecule has 2 amide bonds. The highest BCUT2D eigenvalue weighted by atomic mass is 19.1. The normalized spacial score (nSPS) is 15.0. The summed E-state index contributed by atoms with van der Waals surface area (Å²) in [6, 6.07) is 12.2. The molecule has 0 saturated carbocycles. The number of benzene rings is 2. The molecule has 6 nitrogen and oxygen atoms in total. The summed E-state index contributed by atoms with van der Waals surface area (Å²) in [5.74, 6) is -1.07. The van der Waals surface area contributed by atoms with E-state index in [1.807, 2.05) is 17.0 Å². The van der Waals surface area contributed by atoms with Crippen LogP contribution in [0, 0.1) is 24.1 Å². The van der Waals surface area contributed by atoms with Crippen LogP contribution in [0.15, 0.2) is 36.4 Å². The summed E-state index contributed by atoms with van der Waals surface area (Å²) in [5.41, 5.74) is 2.02. The minimum atomic E-state index is -0.775. The van der Waals surface area contributed by atoms with E-state index in [0.717, 1.165) is 23.2 Å². The third-order valence-electron chi connectivity index (χ3n) is 5.56. The van der Waals surface area contributed by atoms with E-state index in [1.54, 1.807) is 44.9 Å². The number of likely N-dealkylation sites (N-methyl/N-ethyl adjacent to an activating group) is 1. The Balaban J connectivity index is 1.89. The van der Waals surface area contributed by atoms with E-state index in [1.165, 1.54) is 12.1 Å². The largest absolute Gasteiger partial charge is 0.343 e. The lowest BCUT2D eigenvalue weighted by atomic mass is 9.85. The van der Waals surface area contributed by atoms with Gasteiger partial charge in [-0.05, 0) is 61.7 Å². The van der Waals surface area contributed by atoms with E-state index in [0.29, 0.717) is 25.3 Å². The van der Waals surface area contributed by atoms with Crippen molar-refractivity contribution in [1.29, 1.82) is 5.26 Å². The molecule has 162 valence electrons. The predicted octanol–water partition coefficient (Wildman–Crippen LogP) is 3.46. The first-order valence-electron chi connectivity index (χ1n) is 10.2. The Labute approximate surface area is 182 Å². The third kappa shape index (κ3) is 5.28. The number of piperazine rings is 1. The van der Waals surface area contributed by atoms with Gasteiger partial charge < -0.3 is 10.2 Å². The van der Waals surface area contributed by atoms with Crippen molar-refractivity contribution in [3.8, 4) is 6.07 Å². The van der Waals surface area contributed by atoms with Crippen molar-refractivity contribution in [1.82, 2.24) is 9.80 Å². The van der Waals surface area contributed by atoms with Crippen molar-refractivity contribution >= 4 is 17.5 Å². The van der Waals surface area contributed by atoms with Crippen LogP contribution in [-0.4, -0.2) is 48.3 Å². The van der Waals surface area contributed by atoms with Crippen molar-refractivity contribution in [3.63, 3.8) is 0 Å². The smallest absolute Gasteiger partial charge is 0.258 e. The van der Waals surface area contributed by atoms with E-state index < -0.39 is 17.1 Å². The van der Waals surface area contributed by atoms with Crippen molar-refractivity contribution in [2.24, 2.45) is 0 Å². The number of hydrogen-bond acceptors (Lipinski definition) is 4. The number of carbonyl (C=O) groups is 2. The number of nitrogens with zero attached hydrogens (tertiary/aromatic N) is 3. The maximum Gasteiger partial charge on any atom is 0.258 e. The van der Waals surface area contributed by atoms with E-state index in [9.17, 15) is 19.2 Å². The molecule has 31 heavy (non-hydrogen) atoms. The van der Waals surface area contributed by atoms with Crippen LogP contribution in [0.3, 0.4) is 0 Å². The van der Waals surface area contributed by atoms with Crippen molar-refractivity contribution in [3.05, 3.63) is 64.5 Å². The molecule has 1 heterocycles. The number of aryl methyl sites for hydroxylation is 1. The first-order chi connectivity index (χ1) is 14.6. The number of rotatable bonds is 5. The first kappa shape index (κ1) is 22.4. The van der Waals surface area contributed by atoms with Gasteiger partial charge in [0, 0.05) is 32.4 Å². The fraction of sp³-hybridized carbons (Fsp3) is 0.375. The fourth-order valence-corrected chi connectivity index (χ4v) is 3.48. The number of nitrogens with one attached hydrogen (secondary N) is 1. The zero-order chi connectivity index (χ0) is 22.8. The van der Waals surface area contributed by atoms with Gasteiger partial charge in [0.1, 0.15) is 5.82 Å². The van der Waals surface area contributed by atoms with Crippen LogP contribution in [0.4, 0.5) is 10.1 Å². The molecule has 0 spiro atoms.